The molecule has 0 aliphatic rings. The molecule has 0 spiro atoms. The van der Waals surface area contributed by atoms with Crippen molar-refractivity contribution in [3.05, 3.63) is 44.9 Å². The number of anilines is 1. The third kappa shape index (κ3) is 2.87. The van der Waals surface area contributed by atoms with Crippen molar-refractivity contribution >= 4 is 11.4 Å². The van der Waals surface area contributed by atoms with E-state index >= 15 is 0 Å². The predicted octanol–water partition coefficient (Wildman–Crippen LogP) is 2.28. The van der Waals surface area contributed by atoms with Crippen LogP contribution < -0.4 is 5.32 Å². The molecule has 0 saturated carbocycles. The molecule has 1 aromatic rings. The molecule has 1 aromatic carbocycles. The number of nitrogens with zero attached hydrogens (tertiary/aromatic N) is 4. The number of benzene rings is 1. The van der Waals surface area contributed by atoms with Crippen molar-refractivity contribution in [2.45, 2.75) is 6.92 Å². The average Bonchev–Trinajstić information content (AvgIpc) is 2.40. The molecule has 20 heavy (non-hydrogen) atoms. The van der Waals surface area contributed by atoms with Gasteiger partial charge in [-0.2, -0.15) is 15.8 Å². The van der Waals surface area contributed by atoms with Gasteiger partial charge in [-0.1, -0.05) is 0 Å². The Bertz CT molecular complexity index is 718. The van der Waals surface area contributed by atoms with Crippen molar-refractivity contribution < 1.29 is 9.31 Å². The van der Waals surface area contributed by atoms with E-state index in [1.54, 1.807) is 6.07 Å². The number of nitro benzene ring substituents is 1. The van der Waals surface area contributed by atoms with Crippen molar-refractivity contribution in [1.82, 2.24) is 0 Å². The Hall–Kier alpha value is -3.44. The van der Waals surface area contributed by atoms with E-state index in [0.29, 0.717) is 6.07 Å². The summed E-state index contributed by atoms with van der Waals surface area (Å²) in [6.07, 6.45) is 0. The molecule has 0 unspecified atom stereocenters. The van der Waals surface area contributed by atoms with Crippen LogP contribution >= 0.6 is 0 Å². The van der Waals surface area contributed by atoms with Gasteiger partial charge in [0.05, 0.1) is 11.0 Å². The minimum absolute atomic E-state index is 0.143. The standard InChI is InChI=1S/C12H6FN5O2/c1-7-2-9(13)3-11(18(19)20)12(7)17-10(6-16)8(4-14)5-15/h2-3,17H,1H3. The number of nitriles is 3. The van der Waals surface area contributed by atoms with Crippen molar-refractivity contribution in [1.29, 1.82) is 15.8 Å². The molecule has 0 amide bonds. The fraction of sp³-hybridized carbons (Fsp3) is 0.0833. The van der Waals surface area contributed by atoms with Gasteiger partial charge in [-0.15, -0.1) is 0 Å². The number of rotatable bonds is 3. The highest BCUT2D eigenvalue weighted by molar-refractivity contribution is 5.71. The second-order valence-corrected chi connectivity index (χ2v) is 3.58. The van der Waals surface area contributed by atoms with E-state index in [-0.39, 0.29) is 11.3 Å². The maximum atomic E-state index is 13.2. The van der Waals surface area contributed by atoms with E-state index in [2.05, 4.69) is 5.32 Å². The van der Waals surface area contributed by atoms with E-state index in [4.69, 9.17) is 15.8 Å². The van der Waals surface area contributed by atoms with Gasteiger partial charge in [0, 0.05) is 0 Å². The van der Waals surface area contributed by atoms with Crippen molar-refractivity contribution in [2.75, 3.05) is 5.32 Å². The van der Waals surface area contributed by atoms with Gasteiger partial charge in [-0.3, -0.25) is 10.1 Å². The molecule has 0 heterocycles. The summed E-state index contributed by atoms with van der Waals surface area (Å²) in [5.74, 6) is -0.803. The van der Waals surface area contributed by atoms with Crippen LogP contribution in [0.4, 0.5) is 15.8 Å². The topological polar surface area (TPSA) is 127 Å². The van der Waals surface area contributed by atoms with Crippen LogP contribution in [-0.2, 0) is 0 Å². The first-order valence-corrected chi connectivity index (χ1v) is 5.10. The Morgan fingerprint density at radius 2 is 1.90 bits per heavy atom. The van der Waals surface area contributed by atoms with Gasteiger partial charge < -0.3 is 5.32 Å². The number of nitro groups is 1. The second kappa shape index (κ2) is 5.94. The normalized spacial score (nSPS) is 8.75. The number of hydrogen-bond acceptors (Lipinski definition) is 6. The van der Waals surface area contributed by atoms with Gasteiger partial charge in [0.2, 0.25) is 0 Å². The predicted molar refractivity (Wildman–Crippen MR) is 65.3 cm³/mol. The largest absolute Gasteiger partial charge is 0.339 e. The van der Waals surface area contributed by atoms with Gasteiger partial charge in [0.1, 0.15) is 35.4 Å². The van der Waals surface area contributed by atoms with Gasteiger partial charge >= 0.3 is 0 Å². The quantitative estimate of drug-likeness (QED) is 0.510. The fourth-order valence-electron chi connectivity index (χ4n) is 1.44. The molecule has 0 saturated heterocycles. The highest BCUT2D eigenvalue weighted by Gasteiger charge is 2.20. The zero-order valence-electron chi connectivity index (χ0n) is 10.1. The average molecular weight is 271 g/mol. The van der Waals surface area contributed by atoms with Gasteiger partial charge in [0.15, 0.2) is 5.57 Å². The van der Waals surface area contributed by atoms with E-state index in [1.807, 2.05) is 0 Å². The zero-order chi connectivity index (χ0) is 15.3. The Balaban J connectivity index is 3.48. The molecule has 0 aromatic heterocycles. The fourth-order valence-corrected chi connectivity index (χ4v) is 1.44. The maximum absolute atomic E-state index is 13.2. The van der Waals surface area contributed by atoms with Crippen LogP contribution in [0, 0.1) is 56.8 Å². The number of hydrogen-bond donors (Lipinski definition) is 1. The molecule has 0 atom stereocenters. The Kier molecular flexibility index (Phi) is 4.34. The summed E-state index contributed by atoms with van der Waals surface area (Å²) in [5, 5.41) is 39.5. The van der Waals surface area contributed by atoms with E-state index in [0.717, 1.165) is 6.07 Å². The third-order valence-electron chi connectivity index (χ3n) is 2.31. The lowest BCUT2D eigenvalue weighted by molar-refractivity contribution is -0.384. The molecule has 0 radical (unpaired) electrons. The summed E-state index contributed by atoms with van der Waals surface area (Å²) >= 11 is 0. The SMILES string of the molecule is Cc1cc(F)cc([N+](=O)[O-])c1NC(C#N)=C(C#N)C#N. The smallest absolute Gasteiger partial charge is 0.295 e. The molecule has 0 fully saturated rings. The van der Waals surface area contributed by atoms with Crippen molar-refractivity contribution in [2.24, 2.45) is 0 Å². The summed E-state index contributed by atoms with van der Waals surface area (Å²) in [7, 11) is 0. The van der Waals surface area contributed by atoms with E-state index < -0.39 is 27.7 Å². The highest BCUT2D eigenvalue weighted by atomic mass is 19.1. The molecule has 8 heteroatoms. The van der Waals surface area contributed by atoms with Crippen LogP contribution in [0.2, 0.25) is 0 Å². The van der Waals surface area contributed by atoms with Crippen LogP contribution in [0.1, 0.15) is 5.56 Å². The van der Waals surface area contributed by atoms with Gasteiger partial charge in [-0.05, 0) is 18.6 Å². The van der Waals surface area contributed by atoms with Crippen molar-refractivity contribution in [3.8, 4) is 18.2 Å². The summed E-state index contributed by atoms with van der Waals surface area (Å²) in [4.78, 5) is 10.0. The molecule has 0 aliphatic heterocycles. The summed E-state index contributed by atoms with van der Waals surface area (Å²) in [5.41, 5.74) is -1.53. The van der Waals surface area contributed by atoms with Crippen LogP contribution in [0.5, 0.6) is 0 Å². The minimum atomic E-state index is -0.828. The molecule has 1 N–H and O–H groups in total. The first-order chi connectivity index (χ1) is 9.44. The summed E-state index contributed by atoms with van der Waals surface area (Å²) < 4.78 is 13.2. The lowest BCUT2D eigenvalue weighted by atomic mass is 10.1. The Morgan fingerprint density at radius 3 is 2.35 bits per heavy atom. The lowest BCUT2D eigenvalue weighted by Crippen LogP contribution is -2.06. The number of allylic oxidation sites excluding steroid dienone is 2. The van der Waals surface area contributed by atoms with Crippen LogP contribution in [0.3, 0.4) is 0 Å². The molecule has 0 aliphatic carbocycles. The molecule has 1 rings (SSSR count). The third-order valence-corrected chi connectivity index (χ3v) is 2.31. The second-order valence-electron chi connectivity index (χ2n) is 3.58. The van der Waals surface area contributed by atoms with Crippen LogP contribution in [-0.4, -0.2) is 4.92 Å². The first-order valence-electron chi connectivity index (χ1n) is 5.10. The molecule has 7 nitrogen and oxygen atoms in total. The highest BCUT2D eigenvalue weighted by Crippen LogP contribution is 2.30. The number of nitrogens with one attached hydrogen (secondary N) is 1. The maximum Gasteiger partial charge on any atom is 0.295 e. The lowest BCUT2D eigenvalue weighted by Gasteiger charge is -2.09. The van der Waals surface area contributed by atoms with E-state index in [1.165, 1.54) is 19.1 Å². The van der Waals surface area contributed by atoms with E-state index in [9.17, 15) is 14.5 Å². The molecular formula is C12H6FN5O2. The number of halogens is 1. The summed E-state index contributed by atoms with van der Waals surface area (Å²) in [6, 6.07) is 6.27. The molecule has 98 valence electrons. The number of aryl methyl sites for hydroxylation is 1. The summed E-state index contributed by atoms with van der Waals surface area (Å²) in [6.45, 7) is 1.39. The van der Waals surface area contributed by atoms with Crippen molar-refractivity contribution in [3.63, 3.8) is 0 Å². The minimum Gasteiger partial charge on any atom is -0.339 e. The first kappa shape index (κ1) is 14.6. The van der Waals surface area contributed by atoms with Gasteiger partial charge in [-0.25, -0.2) is 4.39 Å². The van der Waals surface area contributed by atoms with Crippen LogP contribution in [0.15, 0.2) is 23.4 Å². The van der Waals surface area contributed by atoms with Crippen LogP contribution in [0.25, 0.3) is 0 Å². The Labute approximate surface area is 112 Å². The molecular weight excluding hydrogens is 265 g/mol. The monoisotopic (exact) mass is 271 g/mol. The molecule has 0 bridgehead atoms. The Morgan fingerprint density at radius 1 is 1.30 bits per heavy atom. The zero-order valence-corrected chi connectivity index (χ0v) is 10.1. The van der Waals surface area contributed by atoms with Gasteiger partial charge in [0.25, 0.3) is 5.69 Å².